The van der Waals surface area contributed by atoms with E-state index >= 15 is 0 Å². The molecule has 0 aliphatic carbocycles. The average molecular weight is 371 g/mol. The van der Waals surface area contributed by atoms with Gasteiger partial charge in [0.05, 0.1) is 19.4 Å². The van der Waals surface area contributed by atoms with Crippen molar-refractivity contribution >= 4 is 35.6 Å². The summed E-state index contributed by atoms with van der Waals surface area (Å²) in [4.78, 5) is 82.1. The number of nitrogens with zero attached hydrogens (tertiary/aromatic N) is 2. The summed E-state index contributed by atoms with van der Waals surface area (Å²) in [5, 5.41) is 0.882. The van der Waals surface area contributed by atoms with E-state index in [-0.39, 0.29) is 51.7 Å². The molecule has 0 aromatic carbocycles. The lowest BCUT2D eigenvalue weighted by atomic mass is 10.4. The van der Waals surface area contributed by atoms with Gasteiger partial charge in [0.1, 0.15) is 0 Å². The summed E-state index contributed by atoms with van der Waals surface area (Å²) in [5.41, 5.74) is 2.39. The number of carbonyl (C=O) groups is 6. The molecule has 142 valence electrons. The van der Waals surface area contributed by atoms with Crippen LogP contribution < -0.4 is 5.48 Å². The molecule has 2 heterocycles. The van der Waals surface area contributed by atoms with Crippen molar-refractivity contribution in [2.75, 3.05) is 13.2 Å². The Kier molecular flexibility index (Phi) is 6.74. The molecule has 26 heavy (non-hydrogen) atoms. The fourth-order valence-corrected chi connectivity index (χ4v) is 2.04. The van der Waals surface area contributed by atoms with E-state index in [1.54, 1.807) is 0 Å². The number of imide groups is 2. The second-order valence-electron chi connectivity index (χ2n) is 5.33. The largest absolute Gasteiger partial charge is 0.335 e. The van der Waals surface area contributed by atoms with Crippen LogP contribution in [0.5, 0.6) is 0 Å². The van der Waals surface area contributed by atoms with E-state index < -0.39 is 35.6 Å². The van der Waals surface area contributed by atoms with Gasteiger partial charge in [-0.3, -0.25) is 19.2 Å². The fourth-order valence-electron chi connectivity index (χ4n) is 2.04. The van der Waals surface area contributed by atoms with E-state index in [9.17, 15) is 28.8 Å². The molecule has 2 aliphatic heterocycles. The van der Waals surface area contributed by atoms with Crippen LogP contribution in [0.4, 0.5) is 0 Å². The van der Waals surface area contributed by atoms with Crippen molar-refractivity contribution in [3.63, 3.8) is 0 Å². The van der Waals surface area contributed by atoms with E-state index in [4.69, 9.17) is 4.84 Å². The van der Waals surface area contributed by atoms with Crippen LogP contribution in [-0.2, 0) is 43.3 Å². The Hall–Kier alpha value is -2.86. The van der Waals surface area contributed by atoms with Crippen molar-refractivity contribution in [1.29, 1.82) is 0 Å². The smallest absolute Gasteiger partial charge is 0.330 e. The number of hydrogen-bond donors (Lipinski definition) is 1. The Bertz CT molecular complexity index is 547. The molecule has 1 N–H and O–H groups in total. The summed E-state index contributed by atoms with van der Waals surface area (Å²) >= 11 is 0. The molecule has 0 aromatic heterocycles. The normalized spacial score (nSPS) is 17.2. The molecule has 2 fully saturated rings. The molecule has 0 bridgehead atoms. The predicted octanol–water partition coefficient (Wildman–Crippen LogP) is -1.50. The van der Waals surface area contributed by atoms with Gasteiger partial charge in [0.25, 0.3) is 23.6 Å². The maximum Gasteiger partial charge on any atom is 0.335 e. The first kappa shape index (κ1) is 19.5. The van der Waals surface area contributed by atoms with Gasteiger partial charge in [0.15, 0.2) is 0 Å². The summed E-state index contributed by atoms with van der Waals surface area (Å²) in [6.07, 6.45) is -0.371. The number of carbonyl (C=O) groups excluding carboxylic acids is 6. The zero-order valence-corrected chi connectivity index (χ0v) is 13.7. The summed E-state index contributed by atoms with van der Waals surface area (Å²) in [6, 6.07) is 0. The standard InChI is InChI=1S/C14H17N3O9/c18-9-1-2-10(19)16(9)25-13(22)5-7-15-24-8-6-14(23)26-17-11(20)3-4-12(17)21/h15H,1-8H2. The van der Waals surface area contributed by atoms with E-state index in [1.807, 2.05) is 0 Å². The Labute approximate surface area is 147 Å². The Morgan fingerprint density at radius 1 is 0.769 bits per heavy atom. The molecular formula is C14H17N3O9. The van der Waals surface area contributed by atoms with E-state index in [2.05, 4.69) is 15.2 Å². The van der Waals surface area contributed by atoms with Gasteiger partial charge in [0.2, 0.25) is 0 Å². The van der Waals surface area contributed by atoms with Crippen molar-refractivity contribution in [1.82, 2.24) is 15.6 Å². The van der Waals surface area contributed by atoms with Crippen molar-refractivity contribution in [2.45, 2.75) is 38.5 Å². The minimum atomic E-state index is -0.819. The first-order valence-corrected chi connectivity index (χ1v) is 7.86. The minimum absolute atomic E-state index is 0.00714. The summed E-state index contributed by atoms with van der Waals surface area (Å²) in [5.74, 6) is -3.90. The molecule has 2 aliphatic rings. The lowest BCUT2D eigenvalue weighted by Crippen LogP contribution is -2.33. The van der Waals surface area contributed by atoms with Crippen LogP contribution >= 0.6 is 0 Å². The summed E-state index contributed by atoms with van der Waals surface area (Å²) in [6.45, 7) is -0.125. The van der Waals surface area contributed by atoms with Crippen LogP contribution in [0.2, 0.25) is 0 Å². The predicted molar refractivity (Wildman–Crippen MR) is 77.5 cm³/mol. The maximum absolute atomic E-state index is 11.5. The lowest BCUT2D eigenvalue weighted by molar-refractivity contribution is -0.198. The Balaban J connectivity index is 1.52. The van der Waals surface area contributed by atoms with Crippen LogP contribution in [0, 0.1) is 0 Å². The second kappa shape index (κ2) is 9.01. The van der Waals surface area contributed by atoms with Gasteiger partial charge in [-0.15, -0.1) is 10.1 Å². The number of hydrogen-bond acceptors (Lipinski definition) is 10. The monoisotopic (exact) mass is 371 g/mol. The SMILES string of the molecule is O=C(CCNOCCC(=O)ON1C(=O)CCC1=O)ON1C(=O)CCC1=O. The lowest BCUT2D eigenvalue weighted by Gasteiger charge is -2.13. The zero-order valence-electron chi connectivity index (χ0n) is 13.7. The van der Waals surface area contributed by atoms with Gasteiger partial charge in [-0.2, -0.15) is 0 Å². The first-order valence-electron chi connectivity index (χ1n) is 7.86. The summed E-state index contributed by atoms with van der Waals surface area (Å²) in [7, 11) is 0. The highest BCUT2D eigenvalue weighted by Crippen LogP contribution is 2.13. The van der Waals surface area contributed by atoms with Crippen LogP contribution in [0.1, 0.15) is 38.5 Å². The molecule has 0 unspecified atom stereocenters. The van der Waals surface area contributed by atoms with Crippen LogP contribution in [-0.4, -0.2) is 58.8 Å². The van der Waals surface area contributed by atoms with Gasteiger partial charge in [0, 0.05) is 32.2 Å². The second-order valence-corrected chi connectivity index (χ2v) is 5.33. The van der Waals surface area contributed by atoms with Gasteiger partial charge < -0.3 is 14.5 Å². The van der Waals surface area contributed by atoms with E-state index in [0.29, 0.717) is 10.1 Å². The van der Waals surface area contributed by atoms with Crippen LogP contribution in [0.15, 0.2) is 0 Å². The number of hydroxylamine groups is 5. The van der Waals surface area contributed by atoms with Crippen molar-refractivity contribution in [3.05, 3.63) is 0 Å². The maximum atomic E-state index is 11.5. The quantitative estimate of drug-likeness (QED) is 0.288. The molecule has 12 heteroatoms. The molecule has 2 rings (SSSR count). The number of rotatable bonds is 9. The fraction of sp³-hybridized carbons (Fsp3) is 0.571. The van der Waals surface area contributed by atoms with E-state index in [1.165, 1.54) is 0 Å². The molecule has 0 spiro atoms. The molecule has 4 amide bonds. The Morgan fingerprint density at radius 2 is 1.19 bits per heavy atom. The molecular weight excluding hydrogens is 354 g/mol. The zero-order chi connectivity index (χ0) is 19.1. The van der Waals surface area contributed by atoms with Crippen LogP contribution in [0.25, 0.3) is 0 Å². The van der Waals surface area contributed by atoms with Gasteiger partial charge in [-0.25, -0.2) is 15.1 Å². The molecule has 0 radical (unpaired) electrons. The first-order chi connectivity index (χ1) is 12.4. The third-order valence-corrected chi connectivity index (χ3v) is 3.34. The van der Waals surface area contributed by atoms with Crippen molar-refractivity contribution < 1.29 is 43.3 Å². The molecule has 0 atom stereocenters. The highest BCUT2D eigenvalue weighted by molar-refractivity contribution is 6.02. The topological polar surface area (TPSA) is 149 Å². The third kappa shape index (κ3) is 5.32. The molecule has 2 saturated heterocycles. The Morgan fingerprint density at radius 3 is 1.65 bits per heavy atom. The number of nitrogens with one attached hydrogen (secondary N) is 1. The van der Waals surface area contributed by atoms with Gasteiger partial charge >= 0.3 is 11.9 Å². The summed E-state index contributed by atoms with van der Waals surface area (Å²) < 4.78 is 0. The highest BCUT2D eigenvalue weighted by atomic mass is 16.7. The minimum Gasteiger partial charge on any atom is -0.330 e. The van der Waals surface area contributed by atoms with Crippen LogP contribution in [0.3, 0.4) is 0 Å². The highest BCUT2D eigenvalue weighted by Gasteiger charge is 2.33. The molecule has 0 saturated carbocycles. The average Bonchev–Trinajstić information content (AvgIpc) is 3.08. The van der Waals surface area contributed by atoms with Crippen molar-refractivity contribution in [2.24, 2.45) is 0 Å². The number of amides is 4. The van der Waals surface area contributed by atoms with Crippen molar-refractivity contribution in [3.8, 4) is 0 Å². The van der Waals surface area contributed by atoms with E-state index in [0.717, 1.165) is 0 Å². The van der Waals surface area contributed by atoms with Gasteiger partial charge in [-0.05, 0) is 0 Å². The molecule has 12 nitrogen and oxygen atoms in total. The molecule has 0 aromatic rings. The van der Waals surface area contributed by atoms with Gasteiger partial charge in [-0.1, -0.05) is 0 Å². The third-order valence-electron chi connectivity index (χ3n) is 3.34.